The maximum absolute atomic E-state index is 12.3. The van der Waals surface area contributed by atoms with Gasteiger partial charge in [-0.3, -0.25) is 72.4 Å². The number of aliphatic hydroxyl groups excluding tert-OH is 2. The van der Waals surface area contributed by atoms with Crippen molar-refractivity contribution in [3.05, 3.63) is 0 Å². The van der Waals surface area contributed by atoms with Crippen LogP contribution in [0, 0.1) is 11.8 Å². The molecule has 682 valence electrons. The van der Waals surface area contributed by atoms with Crippen LogP contribution in [0.4, 0.5) is 26.3 Å². The monoisotopic (exact) mass is 1670 g/mol. The van der Waals surface area contributed by atoms with Gasteiger partial charge >= 0.3 is 7.82 Å². The van der Waals surface area contributed by atoms with Gasteiger partial charge in [-0.1, -0.05) is 0 Å². The highest BCUT2D eigenvalue weighted by Crippen LogP contribution is 2.50. The van der Waals surface area contributed by atoms with E-state index in [1.807, 2.05) is 28.5 Å². The molecule has 3 atom stereocenters. The van der Waals surface area contributed by atoms with Crippen LogP contribution < -0.4 is 0 Å². The summed E-state index contributed by atoms with van der Waals surface area (Å²) in [6.45, 7) is 87.5. The molecule has 9 rings (SSSR count). The van der Waals surface area contributed by atoms with E-state index in [0.717, 1.165) is 176 Å². The van der Waals surface area contributed by atoms with Crippen LogP contribution in [0.2, 0.25) is 0 Å². The summed E-state index contributed by atoms with van der Waals surface area (Å²) < 4.78 is 106. The van der Waals surface area contributed by atoms with Gasteiger partial charge in [0.2, 0.25) is 0 Å². The normalized spacial score (nSPS) is 23.9. The molecule has 28 heteroatoms. The number of phosphoric ester groups is 1. The molecular formula is C86H178F6N13O8P. The molecule has 9 aliphatic rings. The summed E-state index contributed by atoms with van der Waals surface area (Å²) in [4.78, 5) is 29.9. The predicted molar refractivity (Wildman–Crippen MR) is 461 cm³/mol. The standard InChI is InChI=1S/C14H30NO4P.C12H26N2O.C11H20F2N2.C11H22F2N2.C10H20F2N2.C10H21NO.C9H20N2.C9H19NO2/c1-6-17-20(16,18-7-2)19-12-13-8-10-15(11-9-13)14(3,4)5;1-11(2,3)14-8-6-13(7-9-14)10-12(4,5)15;1-11(2,3)15-6-8-4-9(15)5-14(8)7-10(12)13;1-11(2,3)15-6-4-5-14(7-8-15)9-10(12)13;1-10(2,3)14-6-4-13(5-7-14)8-9(11)12;1-10(2,3)11-6-4-9(8-12)5-7-11;1-9(2,3)11-7-5-10(4)6-8-11;1-9(2,3)10-4-5-12-7-8(10)6-11/h13H,6-12H2,1-5H3;15H,6-10H2,1-5H3;8-10H,4-7H2,1-3H3;10H,4-9H2,1-3H3;9H,4-8H2,1-3H3;9,12H,4-8H2,1-3H3;5-8H2,1-4H3;8,11H,4-7H2,1-3H3/t;;8-,9-;;;;;8-/m..1....1/s1. The molecule has 0 unspecified atom stereocenters. The maximum Gasteiger partial charge on any atom is 0.474 e. The lowest BCUT2D eigenvalue weighted by Gasteiger charge is -2.43. The zero-order valence-electron chi connectivity index (χ0n) is 78.3. The molecule has 0 aromatic heterocycles. The van der Waals surface area contributed by atoms with Crippen molar-refractivity contribution >= 4 is 7.82 Å². The van der Waals surface area contributed by atoms with Crippen molar-refractivity contribution in [3.8, 4) is 0 Å². The quantitative estimate of drug-likeness (QED) is 0.0932. The van der Waals surface area contributed by atoms with E-state index in [9.17, 15) is 36.0 Å². The van der Waals surface area contributed by atoms with Gasteiger partial charge < -0.3 is 25.0 Å². The summed E-state index contributed by atoms with van der Waals surface area (Å²) in [7, 11) is -1.15. The van der Waals surface area contributed by atoms with E-state index in [-0.39, 0.29) is 65.5 Å². The minimum Gasteiger partial charge on any atom is -0.396 e. The van der Waals surface area contributed by atoms with Gasteiger partial charge in [-0.2, -0.15) is 0 Å². The second-order valence-corrected chi connectivity index (χ2v) is 43.4. The van der Waals surface area contributed by atoms with Gasteiger partial charge in [-0.25, -0.2) is 30.9 Å². The summed E-state index contributed by atoms with van der Waals surface area (Å²) in [5.74, 6) is 0.992. The van der Waals surface area contributed by atoms with Crippen molar-refractivity contribution in [2.24, 2.45) is 11.8 Å². The Bertz CT molecular complexity index is 2530. The molecule has 9 aliphatic heterocycles. The number of hydrogen-bond donors (Lipinski definition) is 3. The number of alkyl halides is 6. The first-order valence-corrected chi connectivity index (χ1v) is 45.2. The number of nitrogens with zero attached hydrogens (tertiary/aromatic N) is 13. The van der Waals surface area contributed by atoms with E-state index in [4.69, 9.17) is 28.5 Å². The van der Waals surface area contributed by atoms with Crippen LogP contribution in [0.5, 0.6) is 0 Å². The number of halogens is 6. The molecule has 0 radical (unpaired) electrons. The van der Waals surface area contributed by atoms with E-state index >= 15 is 0 Å². The third-order valence-electron chi connectivity index (χ3n) is 23.3. The average molecular weight is 1670 g/mol. The second-order valence-electron chi connectivity index (χ2n) is 41.7. The second kappa shape index (κ2) is 50.1. The van der Waals surface area contributed by atoms with Crippen molar-refractivity contribution < 1.29 is 64.5 Å². The number of phosphoric acid groups is 1. The van der Waals surface area contributed by atoms with Crippen molar-refractivity contribution in [3.63, 3.8) is 0 Å². The van der Waals surface area contributed by atoms with Gasteiger partial charge in [0.1, 0.15) is 0 Å². The third-order valence-corrected chi connectivity index (χ3v) is 25.0. The number of likely N-dealkylation sites (N-methyl/N-ethyl adjacent to an activating group) is 1. The first-order valence-electron chi connectivity index (χ1n) is 43.8. The fourth-order valence-corrected chi connectivity index (χ4v) is 17.5. The summed E-state index contributed by atoms with van der Waals surface area (Å²) in [6, 6.07) is 1.04. The molecule has 9 fully saturated rings. The highest BCUT2D eigenvalue weighted by Gasteiger charge is 2.47. The van der Waals surface area contributed by atoms with Gasteiger partial charge in [0.05, 0.1) is 70.9 Å². The van der Waals surface area contributed by atoms with E-state index in [2.05, 4.69) is 222 Å². The van der Waals surface area contributed by atoms with Crippen LogP contribution in [0.1, 0.15) is 232 Å². The Kier molecular flexibility index (Phi) is 47.9. The molecule has 114 heavy (non-hydrogen) atoms. The van der Waals surface area contributed by atoms with E-state index in [1.165, 1.54) is 26.2 Å². The number of β-amino-alcohol motifs (C(OH)–C–C–N with tert-alkyl or cyclic N) is 1. The topological polar surface area (TPSA) is 157 Å². The minimum absolute atomic E-state index is 0.0425. The molecule has 3 N–H and O–H groups in total. The fraction of sp³-hybridized carbons (Fsp3) is 1.00. The zero-order chi connectivity index (χ0) is 87.2. The highest BCUT2D eigenvalue weighted by atomic mass is 31.2. The van der Waals surface area contributed by atoms with Crippen molar-refractivity contribution in [1.82, 2.24) is 63.7 Å². The van der Waals surface area contributed by atoms with Crippen molar-refractivity contribution in [2.45, 2.75) is 320 Å². The van der Waals surface area contributed by atoms with Crippen LogP contribution in [-0.4, -0.2) is 396 Å². The Morgan fingerprint density at radius 1 is 0.404 bits per heavy atom. The number of morpholine rings is 1. The fourth-order valence-electron chi connectivity index (χ4n) is 16.3. The maximum atomic E-state index is 12.3. The predicted octanol–water partition coefficient (Wildman–Crippen LogP) is 13.4. The summed E-state index contributed by atoms with van der Waals surface area (Å²) >= 11 is 0. The van der Waals surface area contributed by atoms with Gasteiger partial charge in [-0.15, -0.1) is 0 Å². The lowest BCUT2D eigenvalue weighted by molar-refractivity contribution is -0.0656. The summed E-state index contributed by atoms with van der Waals surface area (Å²) in [5, 5.41) is 27.8. The number of piperidine rings is 2. The first-order chi connectivity index (χ1) is 52.2. The number of rotatable bonds is 17. The number of ether oxygens (including phenoxy) is 1. The molecule has 0 amide bonds. The number of fused-ring (bicyclic) bond motifs is 2. The van der Waals surface area contributed by atoms with E-state index in [0.29, 0.717) is 68.0 Å². The number of aliphatic hydroxyl groups is 3. The van der Waals surface area contributed by atoms with Crippen LogP contribution in [0.25, 0.3) is 0 Å². The number of piperazine rings is 4. The third kappa shape index (κ3) is 44.4. The Morgan fingerprint density at radius 3 is 1.09 bits per heavy atom. The first kappa shape index (κ1) is 109. The molecule has 0 aromatic rings. The van der Waals surface area contributed by atoms with Crippen LogP contribution in [0.15, 0.2) is 0 Å². The van der Waals surface area contributed by atoms with E-state index in [1.54, 1.807) is 13.8 Å². The molecular weight excluding hydrogens is 1490 g/mol. The SMILES string of the molecule is CC(C)(C)N1CCC(CO)CC1.CC(C)(C)N1CCCN(CC(F)F)CC1.CC(C)(C)N1CCN(CC(F)F)CC1.CC(C)(C)N1CCOC[C@H]1CO.CC(C)(C)N1C[C@H]2C[C@@H]1CN2CC(F)F.CC(C)(O)CN1CCN(C(C)(C)C)CC1.CCOP(=O)(OCC)OCC1CCN(C(C)(C)C)CC1.CN1CCN(C(C)(C)C)CC1. The lowest BCUT2D eigenvalue weighted by Crippen LogP contribution is -2.55. The highest BCUT2D eigenvalue weighted by molar-refractivity contribution is 7.48. The van der Waals surface area contributed by atoms with Crippen LogP contribution >= 0.6 is 7.82 Å². The molecule has 21 nitrogen and oxygen atoms in total. The molecule has 9 heterocycles. The Balaban J connectivity index is 0.000000444. The molecule has 0 aromatic carbocycles. The van der Waals surface area contributed by atoms with Gasteiger partial charge in [0.25, 0.3) is 19.3 Å². The molecule has 0 spiro atoms. The largest absolute Gasteiger partial charge is 0.474 e. The molecule has 0 aliphatic carbocycles. The number of hydrogen-bond acceptors (Lipinski definition) is 21. The van der Waals surface area contributed by atoms with Gasteiger partial charge in [-0.05, 0) is 291 Å². The Hall–Kier alpha value is -0.990. The van der Waals surface area contributed by atoms with Crippen molar-refractivity contribution in [2.75, 3.05) is 230 Å². The zero-order valence-corrected chi connectivity index (χ0v) is 79.2. The molecule has 2 bridgehead atoms. The van der Waals surface area contributed by atoms with Crippen LogP contribution in [0.3, 0.4) is 0 Å². The number of likely N-dealkylation sites (tertiary alicyclic amines) is 4. The molecule has 9 saturated heterocycles. The van der Waals surface area contributed by atoms with Crippen molar-refractivity contribution in [1.29, 1.82) is 0 Å². The van der Waals surface area contributed by atoms with Gasteiger partial charge in [0.15, 0.2) is 0 Å². The minimum atomic E-state index is -3.35. The smallest absolute Gasteiger partial charge is 0.396 e. The lowest BCUT2D eigenvalue weighted by atomic mass is 9.94. The van der Waals surface area contributed by atoms with Gasteiger partial charge in [0, 0.05) is 181 Å². The summed E-state index contributed by atoms with van der Waals surface area (Å²) in [5.41, 5.74) is 1.23. The Morgan fingerprint density at radius 2 is 0.763 bits per heavy atom. The average Bonchev–Trinajstić information content (AvgIpc) is 1.62. The van der Waals surface area contributed by atoms with Crippen LogP contribution in [-0.2, 0) is 22.9 Å². The summed E-state index contributed by atoms with van der Waals surface area (Å²) in [6.07, 6.45) is -0.0737. The Labute approximate surface area is 694 Å². The van der Waals surface area contributed by atoms with E-state index < -0.39 is 32.7 Å². The molecule has 0 saturated carbocycles.